The molecule has 0 bridgehead atoms. The van der Waals surface area contributed by atoms with Crippen LogP contribution < -0.4 is 5.32 Å². The van der Waals surface area contributed by atoms with E-state index in [2.05, 4.69) is 18.3 Å². The lowest BCUT2D eigenvalue weighted by atomic mass is 9.90. The monoisotopic (exact) mass is 223 g/mol. The lowest BCUT2D eigenvalue weighted by molar-refractivity contribution is 0.0756. The van der Waals surface area contributed by atoms with Gasteiger partial charge in [-0.25, -0.2) is 0 Å². The molecule has 3 nitrogen and oxygen atoms in total. The molecule has 0 radical (unpaired) electrons. The highest BCUT2D eigenvalue weighted by Crippen LogP contribution is 2.35. The van der Waals surface area contributed by atoms with Gasteiger partial charge in [0.15, 0.2) is 0 Å². The summed E-state index contributed by atoms with van der Waals surface area (Å²) in [6.45, 7) is 5.04. The van der Waals surface area contributed by atoms with Gasteiger partial charge in [-0.3, -0.25) is 0 Å². The summed E-state index contributed by atoms with van der Waals surface area (Å²) in [6, 6.07) is 4.37. The zero-order valence-corrected chi connectivity index (χ0v) is 10.3. The Kier molecular flexibility index (Phi) is 3.66. The third-order valence-corrected chi connectivity index (χ3v) is 3.47. The molecule has 90 valence electrons. The molecular formula is C13H21NO2. The van der Waals surface area contributed by atoms with Crippen LogP contribution in [0.15, 0.2) is 16.5 Å². The smallest absolute Gasteiger partial charge is 0.121 e. The Balaban J connectivity index is 2.15. The second-order valence-electron chi connectivity index (χ2n) is 4.48. The van der Waals surface area contributed by atoms with Gasteiger partial charge >= 0.3 is 0 Å². The predicted octanol–water partition coefficient (Wildman–Crippen LogP) is 2.66. The largest absolute Gasteiger partial charge is 0.465 e. The highest BCUT2D eigenvalue weighted by Gasteiger charge is 2.35. The van der Waals surface area contributed by atoms with E-state index in [9.17, 15) is 0 Å². The fraction of sp³-hybridized carbons (Fsp3) is 0.692. The molecule has 3 heteroatoms. The molecule has 1 N–H and O–H groups in total. The summed E-state index contributed by atoms with van der Waals surface area (Å²) >= 11 is 0. The molecule has 0 saturated carbocycles. The Bertz CT molecular complexity index is 334. The average molecular weight is 223 g/mol. The quantitative estimate of drug-likeness (QED) is 0.852. The minimum absolute atomic E-state index is 0.279. The first kappa shape index (κ1) is 11.7. The molecular weight excluding hydrogens is 202 g/mol. The van der Waals surface area contributed by atoms with Crippen molar-refractivity contribution in [2.24, 2.45) is 5.92 Å². The zero-order chi connectivity index (χ0) is 11.5. The van der Waals surface area contributed by atoms with Gasteiger partial charge in [0.1, 0.15) is 11.5 Å². The highest BCUT2D eigenvalue weighted by molar-refractivity contribution is 5.11. The van der Waals surface area contributed by atoms with Crippen LogP contribution in [0.4, 0.5) is 0 Å². The van der Waals surface area contributed by atoms with Gasteiger partial charge in [-0.2, -0.15) is 0 Å². The Morgan fingerprint density at radius 2 is 2.31 bits per heavy atom. The standard InChI is InChI=1S/C13H21NO2/c1-4-11-10(7-8-15-11)13(14-3)12-6-5-9(2)16-12/h5-6,10-11,13-14H,4,7-8H2,1-3H3. The van der Waals surface area contributed by atoms with Crippen LogP contribution in [-0.2, 0) is 4.74 Å². The minimum atomic E-state index is 0.279. The minimum Gasteiger partial charge on any atom is -0.465 e. The van der Waals surface area contributed by atoms with Crippen molar-refractivity contribution in [3.05, 3.63) is 23.7 Å². The zero-order valence-electron chi connectivity index (χ0n) is 10.3. The summed E-state index contributed by atoms with van der Waals surface area (Å²) in [4.78, 5) is 0. The van der Waals surface area contributed by atoms with E-state index in [0.717, 1.165) is 31.0 Å². The molecule has 0 aliphatic carbocycles. The molecule has 1 aliphatic rings. The van der Waals surface area contributed by atoms with E-state index in [4.69, 9.17) is 9.15 Å². The van der Waals surface area contributed by atoms with Crippen molar-refractivity contribution >= 4 is 0 Å². The van der Waals surface area contributed by atoms with Crippen LogP contribution >= 0.6 is 0 Å². The fourth-order valence-corrected chi connectivity index (χ4v) is 2.65. The third kappa shape index (κ3) is 2.15. The first-order valence-corrected chi connectivity index (χ1v) is 6.11. The van der Waals surface area contributed by atoms with E-state index < -0.39 is 0 Å². The van der Waals surface area contributed by atoms with Crippen LogP contribution in [0.1, 0.15) is 37.3 Å². The second-order valence-corrected chi connectivity index (χ2v) is 4.48. The summed E-state index contributed by atoms with van der Waals surface area (Å²) in [5, 5.41) is 3.36. The normalized spacial score (nSPS) is 27.2. The Morgan fingerprint density at radius 1 is 1.50 bits per heavy atom. The summed E-state index contributed by atoms with van der Waals surface area (Å²) in [5.41, 5.74) is 0. The molecule has 3 atom stereocenters. The van der Waals surface area contributed by atoms with Crippen LogP contribution in [0.2, 0.25) is 0 Å². The number of nitrogens with one attached hydrogen (secondary N) is 1. The third-order valence-electron chi connectivity index (χ3n) is 3.47. The Labute approximate surface area is 97.2 Å². The van der Waals surface area contributed by atoms with Crippen molar-refractivity contribution in [1.29, 1.82) is 0 Å². The predicted molar refractivity (Wildman–Crippen MR) is 63.4 cm³/mol. The maximum Gasteiger partial charge on any atom is 0.121 e. The average Bonchev–Trinajstić information content (AvgIpc) is 2.89. The van der Waals surface area contributed by atoms with Gasteiger partial charge in [-0.1, -0.05) is 6.92 Å². The van der Waals surface area contributed by atoms with Crippen LogP contribution in [0, 0.1) is 12.8 Å². The van der Waals surface area contributed by atoms with Gasteiger partial charge in [0.25, 0.3) is 0 Å². The summed E-state index contributed by atoms with van der Waals surface area (Å²) < 4.78 is 11.5. The molecule has 1 fully saturated rings. The topological polar surface area (TPSA) is 34.4 Å². The van der Waals surface area contributed by atoms with E-state index in [-0.39, 0.29) is 6.04 Å². The van der Waals surface area contributed by atoms with Crippen molar-refractivity contribution in [3.63, 3.8) is 0 Å². The maximum atomic E-state index is 5.74. The first-order chi connectivity index (χ1) is 7.76. The van der Waals surface area contributed by atoms with Gasteiger partial charge < -0.3 is 14.5 Å². The summed E-state index contributed by atoms with van der Waals surface area (Å²) in [6.07, 6.45) is 2.55. The van der Waals surface area contributed by atoms with Crippen LogP contribution in [0.25, 0.3) is 0 Å². The van der Waals surface area contributed by atoms with E-state index in [1.54, 1.807) is 0 Å². The van der Waals surface area contributed by atoms with E-state index in [1.165, 1.54) is 0 Å². The number of aryl methyl sites for hydroxylation is 1. The van der Waals surface area contributed by atoms with E-state index in [0.29, 0.717) is 12.0 Å². The molecule has 0 amide bonds. The van der Waals surface area contributed by atoms with Gasteiger partial charge in [-0.05, 0) is 38.9 Å². The SMILES string of the molecule is CCC1OCCC1C(NC)c1ccc(C)o1. The lowest BCUT2D eigenvalue weighted by Gasteiger charge is -2.25. The van der Waals surface area contributed by atoms with Crippen molar-refractivity contribution in [2.45, 2.75) is 38.8 Å². The Morgan fingerprint density at radius 3 is 2.88 bits per heavy atom. The van der Waals surface area contributed by atoms with Crippen molar-refractivity contribution < 1.29 is 9.15 Å². The number of ether oxygens (including phenoxy) is 1. The molecule has 0 aromatic carbocycles. The number of furan rings is 1. The summed E-state index contributed by atoms with van der Waals surface area (Å²) in [5.74, 6) is 2.54. The van der Waals surface area contributed by atoms with Gasteiger partial charge in [-0.15, -0.1) is 0 Å². The molecule has 2 rings (SSSR count). The number of hydrogen-bond donors (Lipinski definition) is 1. The molecule has 0 spiro atoms. The molecule has 16 heavy (non-hydrogen) atoms. The molecule has 1 aliphatic heterocycles. The van der Waals surface area contributed by atoms with Crippen molar-refractivity contribution in [2.75, 3.05) is 13.7 Å². The van der Waals surface area contributed by atoms with Gasteiger partial charge in [0, 0.05) is 12.5 Å². The number of hydrogen-bond acceptors (Lipinski definition) is 3. The van der Waals surface area contributed by atoms with E-state index in [1.807, 2.05) is 20.0 Å². The molecule has 2 heterocycles. The lowest BCUT2D eigenvalue weighted by Crippen LogP contribution is -2.30. The molecule has 3 unspecified atom stereocenters. The highest BCUT2D eigenvalue weighted by atomic mass is 16.5. The van der Waals surface area contributed by atoms with Crippen molar-refractivity contribution in [3.8, 4) is 0 Å². The molecule has 1 aromatic heterocycles. The van der Waals surface area contributed by atoms with Gasteiger partial charge in [0.05, 0.1) is 12.1 Å². The van der Waals surface area contributed by atoms with E-state index >= 15 is 0 Å². The Hall–Kier alpha value is -0.800. The van der Waals surface area contributed by atoms with Crippen molar-refractivity contribution in [1.82, 2.24) is 5.32 Å². The number of rotatable bonds is 4. The maximum absolute atomic E-state index is 5.74. The fourth-order valence-electron chi connectivity index (χ4n) is 2.65. The molecule has 1 aromatic rings. The second kappa shape index (κ2) is 5.02. The van der Waals surface area contributed by atoms with Crippen LogP contribution in [0.3, 0.4) is 0 Å². The van der Waals surface area contributed by atoms with Gasteiger partial charge in [0.2, 0.25) is 0 Å². The van der Waals surface area contributed by atoms with Crippen LogP contribution in [0.5, 0.6) is 0 Å². The molecule has 1 saturated heterocycles. The van der Waals surface area contributed by atoms with Crippen LogP contribution in [-0.4, -0.2) is 19.8 Å². The first-order valence-electron chi connectivity index (χ1n) is 6.11. The summed E-state index contributed by atoms with van der Waals surface area (Å²) in [7, 11) is 1.99.